The third kappa shape index (κ3) is 2.25. The van der Waals surface area contributed by atoms with Crippen molar-refractivity contribution in [1.82, 2.24) is 4.98 Å². The Morgan fingerprint density at radius 2 is 2.14 bits per heavy atom. The van der Waals surface area contributed by atoms with E-state index in [1.807, 2.05) is 0 Å². The van der Waals surface area contributed by atoms with Gasteiger partial charge in [-0.2, -0.15) is 0 Å². The van der Waals surface area contributed by atoms with E-state index in [1.165, 1.54) is 0 Å². The van der Waals surface area contributed by atoms with Gasteiger partial charge in [0, 0.05) is 0 Å². The number of halogens is 1. The summed E-state index contributed by atoms with van der Waals surface area (Å²) in [7, 11) is -4.11. The topological polar surface area (TPSA) is 116 Å². The van der Waals surface area contributed by atoms with Gasteiger partial charge in [0.25, 0.3) is 0 Å². The number of nitro groups is 1. The molecule has 0 aromatic carbocycles. The lowest BCUT2D eigenvalue weighted by molar-refractivity contribution is -0.388. The second kappa shape index (κ2) is 3.59. The minimum Gasteiger partial charge on any atom is -0.258 e. The van der Waals surface area contributed by atoms with E-state index in [4.69, 9.17) is 5.14 Å². The van der Waals surface area contributed by atoms with E-state index in [1.54, 1.807) is 0 Å². The maximum absolute atomic E-state index is 10.9. The number of primary sulfonamides is 1. The molecule has 1 aromatic heterocycles. The van der Waals surface area contributed by atoms with Gasteiger partial charge in [0.2, 0.25) is 10.0 Å². The maximum Gasteiger partial charge on any atom is 0.307 e. The van der Waals surface area contributed by atoms with Gasteiger partial charge in [0.15, 0.2) is 4.90 Å². The van der Waals surface area contributed by atoms with Crippen LogP contribution in [0.3, 0.4) is 0 Å². The minimum atomic E-state index is -4.11. The van der Waals surface area contributed by atoms with Crippen LogP contribution in [-0.4, -0.2) is 18.3 Å². The predicted octanol–water partition coefficient (Wildman–Crippen LogP) is 0.400. The highest BCUT2D eigenvalue weighted by Crippen LogP contribution is 2.23. The summed E-state index contributed by atoms with van der Waals surface area (Å²) in [5.41, 5.74) is -0.643. The zero-order valence-electron chi connectivity index (χ0n) is 6.55. The van der Waals surface area contributed by atoms with Gasteiger partial charge in [-0.1, -0.05) is 0 Å². The first-order valence-electron chi connectivity index (χ1n) is 3.15. The van der Waals surface area contributed by atoms with Gasteiger partial charge in [-0.15, -0.1) is 0 Å². The Kier molecular flexibility index (Phi) is 2.83. The summed E-state index contributed by atoms with van der Waals surface area (Å²) < 4.78 is 22.0. The van der Waals surface area contributed by atoms with Gasteiger partial charge in [0.1, 0.15) is 10.8 Å². The predicted molar refractivity (Wildman–Crippen MR) is 50.0 cm³/mol. The summed E-state index contributed by atoms with van der Waals surface area (Å²) in [4.78, 5) is 12.5. The molecular formula is C5H4BrN3O4S. The third-order valence-electron chi connectivity index (χ3n) is 1.32. The van der Waals surface area contributed by atoms with Crippen molar-refractivity contribution in [3.63, 3.8) is 0 Å². The second-order valence-corrected chi connectivity index (χ2v) is 4.62. The fourth-order valence-corrected chi connectivity index (χ4v) is 1.95. The van der Waals surface area contributed by atoms with Crippen molar-refractivity contribution in [2.24, 2.45) is 5.14 Å². The van der Waals surface area contributed by atoms with Crippen LogP contribution in [0.25, 0.3) is 0 Å². The fourth-order valence-electron chi connectivity index (χ4n) is 0.771. The molecule has 1 heterocycles. The molecule has 1 aromatic rings. The van der Waals surface area contributed by atoms with Crippen molar-refractivity contribution in [2.75, 3.05) is 0 Å². The first kappa shape index (κ1) is 11.0. The number of nitrogens with zero attached hydrogens (tertiary/aromatic N) is 2. The molecule has 7 nitrogen and oxygen atoms in total. The molecule has 0 fully saturated rings. The average molecular weight is 282 g/mol. The van der Waals surface area contributed by atoms with Gasteiger partial charge in [-0.25, -0.2) is 18.5 Å². The summed E-state index contributed by atoms with van der Waals surface area (Å²) >= 11 is 2.88. The lowest BCUT2D eigenvalue weighted by Crippen LogP contribution is -2.14. The van der Waals surface area contributed by atoms with Crippen LogP contribution in [0.2, 0.25) is 0 Å². The fraction of sp³-hybridized carbons (Fsp3) is 0. The molecule has 0 saturated heterocycles. The molecule has 0 unspecified atom stereocenters. The molecule has 0 amide bonds. The van der Waals surface area contributed by atoms with E-state index in [-0.39, 0.29) is 4.60 Å². The Bertz CT molecular complexity index is 486. The smallest absolute Gasteiger partial charge is 0.258 e. The number of nitrogens with two attached hydrogens (primary N) is 1. The molecule has 2 N–H and O–H groups in total. The first-order valence-corrected chi connectivity index (χ1v) is 5.49. The number of rotatable bonds is 2. The summed E-state index contributed by atoms with van der Waals surface area (Å²) in [6, 6.07) is 0.980. The number of sulfonamides is 1. The Hall–Kier alpha value is -1.06. The first-order chi connectivity index (χ1) is 6.32. The summed E-state index contributed by atoms with van der Waals surface area (Å²) in [5, 5.41) is 15.2. The highest BCUT2D eigenvalue weighted by Gasteiger charge is 2.23. The quantitative estimate of drug-likeness (QED) is 0.478. The van der Waals surface area contributed by atoms with Gasteiger partial charge >= 0.3 is 5.69 Å². The van der Waals surface area contributed by atoms with Gasteiger partial charge in [-0.3, -0.25) is 10.1 Å². The van der Waals surface area contributed by atoms with Crippen LogP contribution in [-0.2, 0) is 10.0 Å². The van der Waals surface area contributed by atoms with Crippen molar-refractivity contribution in [1.29, 1.82) is 0 Å². The van der Waals surface area contributed by atoms with E-state index in [9.17, 15) is 18.5 Å². The van der Waals surface area contributed by atoms with Crippen LogP contribution in [0.5, 0.6) is 0 Å². The van der Waals surface area contributed by atoms with E-state index < -0.39 is 25.5 Å². The van der Waals surface area contributed by atoms with Crippen molar-refractivity contribution in [2.45, 2.75) is 4.90 Å². The largest absolute Gasteiger partial charge is 0.307 e. The van der Waals surface area contributed by atoms with Crippen LogP contribution in [0.15, 0.2) is 21.8 Å². The van der Waals surface area contributed by atoms with Crippen molar-refractivity contribution in [3.8, 4) is 0 Å². The summed E-state index contributed by atoms with van der Waals surface area (Å²) in [6.07, 6.45) is 0.823. The van der Waals surface area contributed by atoms with Gasteiger partial charge < -0.3 is 0 Å². The molecule has 0 radical (unpaired) electrons. The van der Waals surface area contributed by atoms with Gasteiger partial charge in [0.05, 0.1) is 4.92 Å². The van der Waals surface area contributed by atoms with Crippen LogP contribution in [0, 0.1) is 10.1 Å². The van der Waals surface area contributed by atoms with Crippen LogP contribution < -0.4 is 5.14 Å². The molecule has 0 aliphatic carbocycles. The Morgan fingerprint density at radius 1 is 1.57 bits per heavy atom. The summed E-state index contributed by atoms with van der Waals surface area (Å²) in [6.45, 7) is 0. The monoisotopic (exact) mass is 281 g/mol. The lowest BCUT2D eigenvalue weighted by atomic mass is 10.4. The number of aromatic nitrogens is 1. The SMILES string of the molecule is NS(=O)(=O)c1cc(Br)ncc1[N+](=O)[O-]. The Labute approximate surface area is 87.3 Å². The van der Waals surface area contributed by atoms with Crippen molar-refractivity contribution >= 4 is 31.6 Å². The molecule has 1 rings (SSSR count). The summed E-state index contributed by atoms with van der Waals surface area (Å²) in [5.74, 6) is 0. The molecule has 14 heavy (non-hydrogen) atoms. The molecule has 9 heteroatoms. The molecule has 0 bridgehead atoms. The van der Waals surface area contributed by atoms with Crippen LogP contribution >= 0.6 is 15.9 Å². The van der Waals surface area contributed by atoms with Gasteiger partial charge in [-0.05, 0) is 22.0 Å². The van der Waals surface area contributed by atoms with Crippen molar-refractivity contribution in [3.05, 3.63) is 27.0 Å². The number of hydrogen-bond acceptors (Lipinski definition) is 5. The van der Waals surface area contributed by atoms with Crippen LogP contribution in [0.1, 0.15) is 0 Å². The molecule has 0 saturated carbocycles. The van der Waals surface area contributed by atoms with E-state index in [0.29, 0.717) is 0 Å². The zero-order chi connectivity index (χ0) is 10.9. The highest BCUT2D eigenvalue weighted by molar-refractivity contribution is 9.10. The van der Waals surface area contributed by atoms with Crippen LogP contribution in [0.4, 0.5) is 5.69 Å². The molecule has 0 atom stereocenters. The second-order valence-electron chi connectivity index (χ2n) is 2.28. The zero-order valence-corrected chi connectivity index (χ0v) is 8.95. The maximum atomic E-state index is 10.9. The van der Waals surface area contributed by atoms with E-state index in [0.717, 1.165) is 12.3 Å². The molecule has 0 aliphatic rings. The van der Waals surface area contributed by atoms with E-state index >= 15 is 0 Å². The third-order valence-corrected chi connectivity index (χ3v) is 2.69. The molecule has 0 aliphatic heterocycles. The minimum absolute atomic E-state index is 0.159. The van der Waals surface area contributed by atoms with E-state index in [2.05, 4.69) is 20.9 Å². The highest BCUT2D eigenvalue weighted by atomic mass is 79.9. The molecule has 0 spiro atoms. The van der Waals surface area contributed by atoms with Crippen molar-refractivity contribution < 1.29 is 13.3 Å². The normalized spacial score (nSPS) is 11.3. The lowest BCUT2D eigenvalue weighted by Gasteiger charge is -1.99. The Balaban J connectivity index is 3.54. The molecule has 76 valence electrons. The Morgan fingerprint density at radius 3 is 2.57 bits per heavy atom. The average Bonchev–Trinajstić information content (AvgIpc) is 2.01. The number of hydrogen-bond donors (Lipinski definition) is 1. The molecular weight excluding hydrogens is 278 g/mol. The number of pyridine rings is 1. The standard InChI is InChI=1S/C5H4BrN3O4S/c6-5-1-4(14(7,12)13)3(2-8-5)9(10)11/h1-2H,(H2,7,12,13).